The number of benzene rings is 1. The fourth-order valence-corrected chi connectivity index (χ4v) is 4.28. The lowest BCUT2D eigenvalue weighted by Gasteiger charge is -2.38. The Morgan fingerprint density at radius 1 is 1.17 bits per heavy atom. The first-order valence-electron chi connectivity index (χ1n) is 8.48. The molecule has 0 spiro atoms. The minimum absolute atomic E-state index is 0. The number of nitrogens with one attached hydrogen (secondary N) is 2. The van der Waals surface area contributed by atoms with Gasteiger partial charge in [0.25, 0.3) is 0 Å². The van der Waals surface area contributed by atoms with Gasteiger partial charge in [0, 0.05) is 10.5 Å². The Labute approximate surface area is 153 Å². The van der Waals surface area contributed by atoms with Crippen molar-refractivity contribution in [3.05, 3.63) is 34.3 Å². The van der Waals surface area contributed by atoms with Crippen LogP contribution in [-0.2, 0) is 10.2 Å². The summed E-state index contributed by atoms with van der Waals surface area (Å²) in [5.41, 5.74) is 0.848. The number of rotatable bonds is 3. The van der Waals surface area contributed by atoms with Gasteiger partial charge < -0.3 is 10.6 Å². The maximum absolute atomic E-state index is 13.2. The molecule has 128 valence electrons. The van der Waals surface area contributed by atoms with Crippen LogP contribution in [0.3, 0.4) is 0 Å². The Bertz CT molecular complexity index is 526. The molecule has 1 heterocycles. The summed E-state index contributed by atoms with van der Waals surface area (Å²) in [5, 5.41) is 6.71. The van der Waals surface area contributed by atoms with Crippen molar-refractivity contribution in [2.75, 3.05) is 13.1 Å². The molecule has 1 aliphatic carbocycles. The second-order valence-electron chi connectivity index (χ2n) is 6.65. The topological polar surface area (TPSA) is 41.1 Å². The molecule has 0 unspecified atom stereocenters. The summed E-state index contributed by atoms with van der Waals surface area (Å²) in [7, 11) is 0. The molecule has 1 aromatic carbocycles. The number of halogens is 2. The predicted molar refractivity (Wildman–Crippen MR) is 100 cm³/mol. The molecule has 3 nitrogen and oxygen atoms in total. The van der Waals surface area contributed by atoms with Gasteiger partial charge in [-0.3, -0.25) is 4.79 Å². The smallest absolute Gasteiger partial charge is 0.230 e. The SMILES string of the molecule is Cl.O=C(NC1CCNCC1)C1(c2cccc(Br)c2)CCCCC1. The molecule has 0 atom stereocenters. The van der Waals surface area contributed by atoms with Crippen molar-refractivity contribution in [2.24, 2.45) is 0 Å². The molecular weight excluding hydrogens is 376 g/mol. The van der Waals surface area contributed by atoms with Crippen LogP contribution in [0.15, 0.2) is 28.7 Å². The van der Waals surface area contributed by atoms with E-state index in [9.17, 15) is 4.79 Å². The zero-order chi connectivity index (χ0) is 15.4. The van der Waals surface area contributed by atoms with Crippen LogP contribution < -0.4 is 10.6 Å². The van der Waals surface area contributed by atoms with Gasteiger partial charge in [-0.2, -0.15) is 0 Å². The van der Waals surface area contributed by atoms with Crippen molar-refractivity contribution in [3.8, 4) is 0 Å². The van der Waals surface area contributed by atoms with E-state index in [4.69, 9.17) is 0 Å². The molecule has 2 fully saturated rings. The van der Waals surface area contributed by atoms with Gasteiger partial charge in [-0.15, -0.1) is 12.4 Å². The molecule has 1 amide bonds. The second kappa shape index (κ2) is 8.50. The third kappa shape index (κ3) is 4.28. The summed E-state index contributed by atoms with van der Waals surface area (Å²) in [4.78, 5) is 13.2. The average Bonchev–Trinajstić information content (AvgIpc) is 2.56. The molecule has 0 radical (unpaired) electrons. The minimum atomic E-state index is -0.326. The lowest BCUT2D eigenvalue weighted by atomic mass is 9.68. The largest absolute Gasteiger partial charge is 0.353 e. The third-order valence-electron chi connectivity index (χ3n) is 5.19. The molecule has 2 N–H and O–H groups in total. The Morgan fingerprint density at radius 2 is 1.87 bits per heavy atom. The zero-order valence-electron chi connectivity index (χ0n) is 13.4. The van der Waals surface area contributed by atoms with Crippen molar-refractivity contribution < 1.29 is 4.79 Å². The Hall–Kier alpha value is -0.580. The molecule has 1 aliphatic heterocycles. The lowest BCUT2D eigenvalue weighted by Crippen LogP contribution is -2.51. The van der Waals surface area contributed by atoms with Gasteiger partial charge in [-0.25, -0.2) is 0 Å². The third-order valence-corrected chi connectivity index (χ3v) is 5.69. The number of hydrogen-bond donors (Lipinski definition) is 2. The fourth-order valence-electron chi connectivity index (χ4n) is 3.88. The number of amides is 1. The number of carbonyl (C=O) groups excluding carboxylic acids is 1. The van der Waals surface area contributed by atoms with Crippen LogP contribution in [0.4, 0.5) is 0 Å². The number of piperidine rings is 1. The molecule has 1 aromatic rings. The van der Waals surface area contributed by atoms with E-state index in [-0.39, 0.29) is 23.7 Å². The van der Waals surface area contributed by atoms with Crippen LogP contribution in [0.5, 0.6) is 0 Å². The number of hydrogen-bond acceptors (Lipinski definition) is 2. The maximum Gasteiger partial charge on any atom is 0.230 e. The summed E-state index contributed by atoms with van der Waals surface area (Å²) in [5.74, 6) is 0.247. The molecule has 3 rings (SSSR count). The molecule has 2 aliphatic rings. The van der Waals surface area contributed by atoms with E-state index >= 15 is 0 Å². The highest BCUT2D eigenvalue weighted by atomic mass is 79.9. The summed E-state index contributed by atoms with van der Waals surface area (Å²) in [6.07, 6.45) is 7.57. The predicted octanol–water partition coefficient (Wildman–Crippen LogP) is 3.94. The van der Waals surface area contributed by atoms with Gasteiger partial charge >= 0.3 is 0 Å². The van der Waals surface area contributed by atoms with E-state index in [1.807, 2.05) is 12.1 Å². The Kier molecular flexibility index (Phi) is 6.93. The number of carbonyl (C=O) groups is 1. The first-order chi connectivity index (χ1) is 10.7. The summed E-state index contributed by atoms with van der Waals surface area (Å²) in [6.45, 7) is 2.02. The van der Waals surface area contributed by atoms with E-state index in [2.05, 4.69) is 38.7 Å². The fraction of sp³-hybridized carbons (Fsp3) is 0.611. The van der Waals surface area contributed by atoms with Gasteiger partial charge in [0.1, 0.15) is 0 Å². The van der Waals surface area contributed by atoms with Crippen LogP contribution >= 0.6 is 28.3 Å². The average molecular weight is 402 g/mol. The summed E-state index contributed by atoms with van der Waals surface area (Å²) in [6, 6.07) is 8.67. The second-order valence-corrected chi connectivity index (χ2v) is 7.57. The van der Waals surface area contributed by atoms with Crippen molar-refractivity contribution >= 4 is 34.2 Å². The molecule has 5 heteroatoms. The van der Waals surface area contributed by atoms with Crippen molar-refractivity contribution in [1.29, 1.82) is 0 Å². The minimum Gasteiger partial charge on any atom is -0.353 e. The molecule has 23 heavy (non-hydrogen) atoms. The first-order valence-corrected chi connectivity index (χ1v) is 9.28. The summed E-state index contributed by atoms with van der Waals surface area (Å²) < 4.78 is 1.06. The van der Waals surface area contributed by atoms with Gasteiger partial charge in [0.05, 0.1) is 5.41 Å². The van der Waals surface area contributed by atoms with E-state index in [0.717, 1.165) is 56.1 Å². The molecular formula is C18H26BrClN2O. The normalized spacial score (nSPS) is 21.3. The van der Waals surface area contributed by atoms with E-state index in [0.29, 0.717) is 6.04 Å². The van der Waals surface area contributed by atoms with Crippen LogP contribution in [-0.4, -0.2) is 25.0 Å². The molecule has 0 bridgehead atoms. The van der Waals surface area contributed by atoms with Gasteiger partial charge in [-0.1, -0.05) is 47.3 Å². The van der Waals surface area contributed by atoms with Crippen LogP contribution in [0.2, 0.25) is 0 Å². The molecule has 0 aromatic heterocycles. The maximum atomic E-state index is 13.2. The standard InChI is InChI=1S/C18H25BrN2O.ClH/c19-15-6-4-5-14(13-15)18(9-2-1-3-10-18)17(22)21-16-7-11-20-12-8-16;/h4-6,13,16,20H,1-3,7-12H2,(H,21,22);1H. The van der Waals surface area contributed by atoms with Gasteiger partial charge in [0.2, 0.25) is 5.91 Å². The van der Waals surface area contributed by atoms with Crippen molar-refractivity contribution in [2.45, 2.75) is 56.4 Å². The van der Waals surface area contributed by atoms with E-state index in [1.54, 1.807) is 0 Å². The summed E-state index contributed by atoms with van der Waals surface area (Å²) >= 11 is 3.56. The Balaban J connectivity index is 0.00000192. The van der Waals surface area contributed by atoms with E-state index in [1.165, 1.54) is 12.0 Å². The Morgan fingerprint density at radius 3 is 2.52 bits per heavy atom. The van der Waals surface area contributed by atoms with Gasteiger partial charge in [0.15, 0.2) is 0 Å². The van der Waals surface area contributed by atoms with Gasteiger partial charge in [-0.05, 0) is 56.5 Å². The highest BCUT2D eigenvalue weighted by Crippen LogP contribution is 2.40. The van der Waals surface area contributed by atoms with Crippen molar-refractivity contribution in [1.82, 2.24) is 10.6 Å². The molecule has 1 saturated heterocycles. The highest BCUT2D eigenvalue weighted by Gasteiger charge is 2.41. The van der Waals surface area contributed by atoms with Crippen molar-refractivity contribution in [3.63, 3.8) is 0 Å². The van der Waals surface area contributed by atoms with Crippen LogP contribution in [0.25, 0.3) is 0 Å². The zero-order valence-corrected chi connectivity index (χ0v) is 15.8. The highest BCUT2D eigenvalue weighted by molar-refractivity contribution is 9.10. The first kappa shape index (κ1) is 18.8. The van der Waals surface area contributed by atoms with Crippen LogP contribution in [0, 0.1) is 0 Å². The quantitative estimate of drug-likeness (QED) is 0.805. The van der Waals surface area contributed by atoms with E-state index < -0.39 is 0 Å². The lowest BCUT2D eigenvalue weighted by molar-refractivity contribution is -0.129. The monoisotopic (exact) mass is 400 g/mol. The van der Waals surface area contributed by atoms with Crippen LogP contribution in [0.1, 0.15) is 50.5 Å². The molecule has 1 saturated carbocycles.